The summed E-state index contributed by atoms with van der Waals surface area (Å²) in [6.45, 7) is 2.00. The van der Waals surface area contributed by atoms with E-state index >= 15 is 0 Å². The molecule has 0 radical (unpaired) electrons. The van der Waals surface area contributed by atoms with Crippen LogP contribution in [0.5, 0.6) is 5.75 Å². The Morgan fingerprint density at radius 2 is 1.89 bits per heavy atom. The predicted octanol–water partition coefficient (Wildman–Crippen LogP) is 3.06. The van der Waals surface area contributed by atoms with Crippen LogP contribution in [-0.4, -0.2) is 35.3 Å². The Bertz CT molecular complexity index is 791. The highest BCUT2D eigenvalue weighted by molar-refractivity contribution is 5.46. The standard InChI is InChI=1S/C23H26O4/c1-3-16-5-7-18(8-6-16)11-19-10-9-17(4-2)12-22(19)27-23-14-20(25)13-21(15-24)26-23/h2,5-10,12,20-21,23-25H,3,11,13-15H2,1H3. The molecule has 2 aromatic carbocycles. The van der Waals surface area contributed by atoms with E-state index in [1.54, 1.807) is 0 Å². The molecule has 4 nitrogen and oxygen atoms in total. The first-order chi connectivity index (χ1) is 13.1. The van der Waals surface area contributed by atoms with Crippen LogP contribution in [0.2, 0.25) is 0 Å². The second-order valence-electron chi connectivity index (χ2n) is 6.93. The number of hydrogen-bond donors (Lipinski definition) is 2. The van der Waals surface area contributed by atoms with Gasteiger partial charge in [-0.05, 0) is 35.2 Å². The number of terminal acetylenes is 1. The molecule has 1 heterocycles. The average Bonchev–Trinajstić information content (AvgIpc) is 2.69. The lowest BCUT2D eigenvalue weighted by Gasteiger charge is -2.32. The van der Waals surface area contributed by atoms with Crippen LogP contribution >= 0.6 is 0 Å². The van der Waals surface area contributed by atoms with E-state index in [-0.39, 0.29) is 6.61 Å². The topological polar surface area (TPSA) is 58.9 Å². The van der Waals surface area contributed by atoms with E-state index < -0.39 is 18.5 Å². The molecule has 3 unspecified atom stereocenters. The third-order valence-electron chi connectivity index (χ3n) is 4.87. The molecule has 27 heavy (non-hydrogen) atoms. The molecule has 3 atom stereocenters. The maximum absolute atomic E-state index is 10.0. The zero-order chi connectivity index (χ0) is 19.2. The van der Waals surface area contributed by atoms with E-state index in [1.165, 1.54) is 11.1 Å². The number of aryl methyl sites for hydroxylation is 1. The predicted molar refractivity (Wildman–Crippen MR) is 105 cm³/mol. The fourth-order valence-electron chi connectivity index (χ4n) is 3.30. The Morgan fingerprint density at radius 1 is 1.15 bits per heavy atom. The number of aliphatic hydroxyl groups is 2. The lowest BCUT2D eigenvalue weighted by Crippen LogP contribution is -2.40. The van der Waals surface area contributed by atoms with Gasteiger partial charge in [-0.25, -0.2) is 0 Å². The maximum atomic E-state index is 10.0. The summed E-state index contributed by atoms with van der Waals surface area (Å²) < 4.78 is 11.8. The van der Waals surface area contributed by atoms with Crippen molar-refractivity contribution >= 4 is 0 Å². The first kappa shape index (κ1) is 19.4. The van der Waals surface area contributed by atoms with Crippen molar-refractivity contribution in [2.75, 3.05) is 6.61 Å². The maximum Gasteiger partial charge on any atom is 0.202 e. The third-order valence-corrected chi connectivity index (χ3v) is 4.87. The van der Waals surface area contributed by atoms with Crippen molar-refractivity contribution in [3.63, 3.8) is 0 Å². The minimum absolute atomic E-state index is 0.141. The molecular weight excluding hydrogens is 340 g/mol. The van der Waals surface area contributed by atoms with E-state index in [2.05, 4.69) is 37.1 Å². The molecule has 0 saturated carbocycles. The van der Waals surface area contributed by atoms with Crippen molar-refractivity contribution < 1.29 is 19.7 Å². The number of rotatable bonds is 6. The van der Waals surface area contributed by atoms with Gasteiger partial charge in [0.2, 0.25) is 6.29 Å². The summed E-state index contributed by atoms with van der Waals surface area (Å²) in [6, 6.07) is 14.2. The van der Waals surface area contributed by atoms with Gasteiger partial charge in [-0.2, -0.15) is 0 Å². The second kappa shape index (κ2) is 9.05. The van der Waals surface area contributed by atoms with E-state index in [4.69, 9.17) is 15.9 Å². The minimum atomic E-state index is -0.611. The number of benzene rings is 2. The van der Waals surface area contributed by atoms with Crippen molar-refractivity contribution in [2.45, 2.75) is 51.1 Å². The van der Waals surface area contributed by atoms with Crippen LogP contribution in [0, 0.1) is 12.3 Å². The zero-order valence-electron chi connectivity index (χ0n) is 15.6. The smallest absolute Gasteiger partial charge is 0.202 e. The molecule has 0 aliphatic carbocycles. The molecule has 0 aromatic heterocycles. The van der Waals surface area contributed by atoms with Crippen molar-refractivity contribution in [1.82, 2.24) is 0 Å². The van der Waals surface area contributed by atoms with E-state index in [9.17, 15) is 10.2 Å². The highest BCUT2D eigenvalue weighted by Gasteiger charge is 2.29. The lowest BCUT2D eigenvalue weighted by molar-refractivity contribution is -0.184. The van der Waals surface area contributed by atoms with E-state index in [1.807, 2.05) is 18.2 Å². The Kier molecular flexibility index (Phi) is 6.52. The third kappa shape index (κ3) is 5.11. The van der Waals surface area contributed by atoms with Crippen LogP contribution in [-0.2, 0) is 17.6 Å². The monoisotopic (exact) mass is 366 g/mol. The van der Waals surface area contributed by atoms with Crippen molar-refractivity contribution in [3.8, 4) is 18.1 Å². The fourth-order valence-corrected chi connectivity index (χ4v) is 3.30. The summed E-state index contributed by atoms with van der Waals surface area (Å²) in [5.74, 6) is 3.28. The highest BCUT2D eigenvalue weighted by Crippen LogP contribution is 2.28. The number of aliphatic hydroxyl groups excluding tert-OH is 2. The van der Waals surface area contributed by atoms with Crippen LogP contribution in [0.15, 0.2) is 42.5 Å². The largest absolute Gasteiger partial charge is 0.464 e. The van der Waals surface area contributed by atoms with Crippen LogP contribution in [0.4, 0.5) is 0 Å². The molecule has 1 saturated heterocycles. The lowest BCUT2D eigenvalue weighted by atomic mass is 10.0. The zero-order valence-corrected chi connectivity index (χ0v) is 15.6. The van der Waals surface area contributed by atoms with Crippen LogP contribution < -0.4 is 4.74 Å². The van der Waals surface area contributed by atoms with Gasteiger partial charge in [-0.15, -0.1) is 6.42 Å². The van der Waals surface area contributed by atoms with Gasteiger partial charge in [-0.3, -0.25) is 0 Å². The molecule has 0 amide bonds. The summed E-state index contributed by atoms with van der Waals surface area (Å²) in [5.41, 5.74) is 4.22. The van der Waals surface area contributed by atoms with Crippen LogP contribution in [0.3, 0.4) is 0 Å². The van der Waals surface area contributed by atoms with Crippen molar-refractivity contribution in [3.05, 3.63) is 64.7 Å². The fraction of sp³-hybridized carbons (Fsp3) is 0.391. The van der Waals surface area contributed by atoms with Gasteiger partial charge < -0.3 is 19.7 Å². The molecule has 0 spiro atoms. The Labute approximate surface area is 160 Å². The van der Waals surface area contributed by atoms with Gasteiger partial charge in [0.15, 0.2) is 0 Å². The molecule has 2 aromatic rings. The van der Waals surface area contributed by atoms with Crippen LogP contribution in [0.1, 0.15) is 42.0 Å². The summed E-state index contributed by atoms with van der Waals surface area (Å²) in [5, 5.41) is 19.4. The molecule has 0 bridgehead atoms. The van der Waals surface area contributed by atoms with Crippen molar-refractivity contribution in [2.24, 2.45) is 0 Å². The molecular formula is C23H26O4. The van der Waals surface area contributed by atoms with E-state index in [0.717, 1.165) is 17.5 Å². The van der Waals surface area contributed by atoms with Gasteiger partial charge in [0.1, 0.15) is 5.75 Å². The SMILES string of the molecule is C#Cc1ccc(Cc2ccc(CC)cc2)c(OC2CC(O)CC(CO)O2)c1. The second-order valence-corrected chi connectivity index (χ2v) is 6.93. The summed E-state index contributed by atoms with van der Waals surface area (Å²) in [6.07, 6.45) is 6.46. The van der Waals surface area contributed by atoms with Gasteiger partial charge in [0.25, 0.3) is 0 Å². The summed E-state index contributed by atoms with van der Waals surface area (Å²) >= 11 is 0. The Balaban J connectivity index is 1.81. The summed E-state index contributed by atoms with van der Waals surface area (Å²) in [7, 11) is 0. The highest BCUT2D eigenvalue weighted by atomic mass is 16.7. The number of hydrogen-bond acceptors (Lipinski definition) is 4. The minimum Gasteiger partial charge on any atom is -0.464 e. The molecule has 3 rings (SSSR count). The Morgan fingerprint density at radius 3 is 2.56 bits per heavy atom. The van der Waals surface area contributed by atoms with Gasteiger partial charge in [0.05, 0.1) is 18.8 Å². The number of ether oxygens (including phenoxy) is 2. The quantitative estimate of drug-likeness (QED) is 0.772. The van der Waals surface area contributed by atoms with Crippen LogP contribution in [0.25, 0.3) is 0 Å². The van der Waals surface area contributed by atoms with Gasteiger partial charge >= 0.3 is 0 Å². The van der Waals surface area contributed by atoms with Gasteiger partial charge in [0, 0.05) is 24.8 Å². The molecule has 142 valence electrons. The van der Waals surface area contributed by atoms with Gasteiger partial charge in [-0.1, -0.05) is 43.2 Å². The van der Waals surface area contributed by atoms with E-state index in [0.29, 0.717) is 25.0 Å². The molecule has 1 aliphatic heterocycles. The molecule has 2 N–H and O–H groups in total. The molecule has 1 fully saturated rings. The average molecular weight is 366 g/mol. The van der Waals surface area contributed by atoms with Crippen molar-refractivity contribution in [1.29, 1.82) is 0 Å². The molecule has 1 aliphatic rings. The Hall–Kier alpha value is -2.32. The first-order valence-electron chi connectivity index (χ1n) is 9.39. The summed E-state index contributed by atoms with van der Waals surface area (Å²) in [4.78, 5) is 0. The normalized spacial score (nSPS) is 22.2. The molecule has 4 heteroatoms. The first-order valence-corrected chi connectivity index (χ1v) is 9.39.